The Hall–Kier alpha value is -3.54. The lowest BCUT2D eigenvalue weighted by molar-refractivity contribution is -0.185. The maximum atomic E-state index is 14.8. The van der Waals surface area contributed by atoms with Gasteiger partial charge in [0, 0.05) is 12.0 Å². The third kappa shape index (κ3) is 5.42. The van der Waals surface area contributed by atoms with Gasteiger partial charge in [0.25, 0.3) is 0 Å². The Balaban J connectivity index is 1.63. The number of rotatable bonds is 4. The summed E-state index contributed by atoms with van der Waals surface area (Å²) in [6.07, 6.45) is -2.23. The van der Waals surface area contributed by atoms with Gasteiger partial charge in [-0.2, -0.15) is 22.0 Å². The molecule has 0 aliphatic heterocycles. The van der Waals surface area contributed by atoms with E-state index in [1.54, 1.807) is 12.1 Å². The summed E-state index contributed by atoms with van der Waals surface area (Å²) in [5.74, 6) is -3.12. The highest BCUT2D eigenvalue weighted by Gasteiger charge is 2.35. The topological polar surface area (TPSA) is 9.23 Å². The number of hydrogen-bond donors (Lipinski definition) is 0. The van der Waals surface area contributed by atoms with E-state index in [9.17, 15) is 35.1 Å². The molecule has 0 heterocycles. The zero-order valence-corrected chi connectivity index (χ0v) is 17.8. The first-order valence-electron chi connectivity index (χ1n) is 10.5. The third-order valence-corrected chi connectivity index (χ3v) is 5.62. The van der Waals surface area contributed by atoms with Crippen molar-refractivity contribution in [2.45, 2.75) is 37.5 Å². The second-order valence-electron chi connectivity index (χ2n) is 8.02. The van der Waals surface area contributed by atoms with Crippen molar-refractivity contribution in [1.82, 2.24) is 0 Å². The van der Waals surface area contributed by atoms with Gasteiger partial charge in [0.1, 0.15) is 17.4 Å². The molecule has 4 rings (SSSR count). The molecule has 35 heavy (non-hydrogen) atoms. The molecule has 0 amide bonds. The van der Waals surface area contributed by atoms with Crippen molar-refractivity contribution in [1.29, 1.82) is 0 Å². The van der Waals surface area contributed by atoms with Crippen LogP contribution in [0.5, 0.6) is 5.75 Å². The van der Waals surface area contributed by atoms with Crippen molar-refractivity contribution < 1.29 is 39.9 Å². The van der Waals surface area contributed by atoms with Crippen LogP contribution in [0.3, 0.4) is 0 Å². The largest absolute Gasteiger partial charge is 0.458 e. The number of benzene rings is 3. The molecule has 0 fully saturated rings. The smallest absolute Gasteiger partial charge is 0.429 e. The van der Waals surface area contributed by atoms with Gasteiger partial charge >= 0.3 is 12.3 Å². The highest BCUT2D eigenvalue weighted by molar-refractivity contribution is 5.87. The van der Waals surface area contributed by atoms with E-state index in [0.717, 1.165) is 30.9 Å². The Labute approximate surface area is 195 Å². The van der Waals surface area contributed by atoms with Crippen molar-refractivity contribution in [3.63, 3.8) is 0 Å². The molecule has 1 aliphatic carbocycles. The van der Waals surface area contributed by atoms with E-state index in [1.165, 1.54) is 18.1 Å². The van der Waals surface area contributed by atoms with E-state index < -0.39 is 57.4 Å². The average molecular weight is 496 g/mol. The molecule has 0 bridgehead atoms. The zero-order valence-electron chi connectivity index (χ0n) is 17.8. The second-order valence-corrected chi connectivity index (χ2v) is 8.02. The van der Waals surface area contributed by atoms with E-state index in [1.807, 2.05) is 6.08 Å². The maximum Gasteiger partial charge on any atom is 0.458 e. The second kappa shape index (κ2) is 9.25. The molecule has 1 nitrogen and oxygen atoms in total. The first-order chi connectivity index (χ1) is 16.4. The lowest BCUT2D eigenvalue weighted by atomic mass is 9.87. The molecule has 3 aromatic carbocycles. The van der Waals surface area contributed by atoms with Crippen molar-refractivity contribution in [3.8, 4) is 17.6 Å². The molecule has 1 atom stereocenters. The van der Waals surface area contributed by atoms with E-state index in [0.29, 0.717) is 18.1 Å². The number of alkyl halides is 5. The van der Waals surface area contributed by atoms with Gasteiger partial charge < -0.3 is 4.74 Å². The highest BCUT2D eigenvalue weighted by atomic mass is 19.4. The standard InChI is InChI=1S/C26H16F8O/c27-21-13-17-12-19(14-22(28)23(17)24(29)20(21)10-11-25(30,31)32)35-26(33,34)18-8-6-16(7-9-18)15-4-2-1-3-5-15/h1-2,6-9,12-15H,3-5H2. The molecule has 0 saturated heterocycles. The number of fused-ring (bicyclic) bond motifs is 1. The summed E-state index contributed by atoms with van der Waals surface area (Å²) >= 11 is 0. The Bertz CT molecular complexity index is 1340. The van der Waals surface area contributed by atoms with Crippen LogP contribution >= 0.6 is 0 Å². The molecule has 182 valence electrons. The lowest BCUT2D eigenvalue weighted by Crippen LogP contribution is -2.22. The summed E-state index contributed by atoms with van der Waals surface area (Å²) in [4.78, 5) is 0. The molecule has 1 unspecified atom stereocenters. The minimum absolute atomic E-state index is 0.216. The molecule has 0 spiro atoms. The minimum Gasteiger partial charge on any atom is -0.429 e. The Morgan fingerprint density at radius 2 is 1.57 bits per heavy atom. The van der Waals surface area contributed by atoms with Gasteiger partial charge in [0.15, 0.2) is 5.82 Å². The average Bonchev–Trinajstić information content (AvgIpc) is 2.78. The summed E-state index contributed by atoms with van der Waals surface area (Å²) in [5, 5.41) is -1.43. The first-order valence-corrected chi connectivity index (χ1v) is 10.5. The van der Waals surface area contributed by atoms with Crippen LogP contribution in [0, 0.1) is 29.3 Å². The van der Waals surface area contributed by atoms with Gasteiger partial charge in [-0.15, -0.1) is 0 Å². The van der Waals surface area contributed by atoms with Crippen molar-refractivity contribution in [2.75, 3.05) is 0 Å². The van der Waals surface area contributed by atoms with Gasteiger partial charge in [0.05, 0.1) is 16.5 Å². The number of halogens is 8. The summed E-state index contributed by atoms with van der Waals surface area (Å²) in [6, 6.07) is 7.22. The van der Waals surface area contributed by atoms with Crippen LogP contribution in [0.25, 0.3) is 10.8 Å². The van der Waals surface area contributed by atoms with Crippen LogP contribution < -0.4 is 4.74 Å². The molecule has 0 N–H and O–H groups in total. The number of ether oxygens (including phenoxy) is 1. The fourth-order valence-corrected chi connectivity index (χ4v) is 3.95. The molecular weight excluding hydrogens is 480 g/mol. The van der Waals surface area contributed by atoms with Crippen LogP contribution in [-0.2, 0) is 6.11 Å². The molecular formula is C26H16F8O. The molecule has 0 saturated carbocycles. The Morgan fingerprint density at radius 1 is 0.857 bits per heavy atom. The van der Waals surface area contributed by atoms with E-state index >= 15 is 0 Å². The molecule has 3 aromatic rings. The van der Waals surface area contributed by atoms with Crippen molar-refractivity contribution >= 4 is 10.8 Å². The Morgan fingerprint density at radius 3 is 2.20 bits per heavy atom. The van der Waals surface area contributed by atoms with Gasteiger partial charge in [-0.3, -0.25) is 0 Å². The summed E-state index contributed by atoms with van der Waals surface area (Å²) in [5.41, 5.74) is -0.912. The van der Waals surface area contributed by atoms with Gasteiger partial charge in [-0.25, -0.2) is 13.2 Å². The summed E-state index contributed by atoms with van der Waals surface area (Å²) in [7, 11) is 0. The van der Waals surface area contributed by atoms with E-state index in [2.05, 4.69) is 10.8 Å². The highest BCUT2D eigenvalue weighted by Crippen LogP contribution is 2.37. The monoisotopic (exact) mass is 496 g/mol. The lowest BCUT2D eigenvalue weighted by Gasteiger charge is -2.21. The zero-order chi connectivity index (χ0) is 25.4. The summed E-state index contributed by atoms with van der Waals surface area (Å²) in [6.45, 7) is 0. The maximum absolute atomic E-state index is 14.8. The van der Waals surface area contributed by atoms with Crippen LogP contribution in [0.15, 0.2) is 54.6 Å². The van der Waals surface area contributed by atoms with Crippen LogP contribution in [-0.4, -0.2) is 6.18 Å². The fourth-order valence-electron chi connectivity index (χ4n) is 3.95. The predicted molar refractivity (Wildman–Crippen MR) is 113 cm³/mol. The SMILES string of the molecule is Fc1cc2cc(OC(F)(F)c3ccc(C4CC=CCC4)cc3)cc(F)c2c(F)c1C#CC(F)(F)F. The quantitative estimate of drug-likeness (QED) is 0.201. The van der Waals surface area contributed by atoms with Gasteiger partial charge in [-0.05, 0) is 60.4 Å². The van der Waals surface area contributed by atoms with E-state index in [4.69, 9.17) is 0 Å². The molecule has 1 aliphatic rings. The summed E-state index contributed by atoms with van der Waals surface area (Å²) < 4.78 is 114. The van der Waals surface area contributed by atoms with Crippen LogP contribution in [0.4, 0.5) is 35.1 Å². The van der Waals surface area contributed by atoms with Crippen LogP contribution in [0.2, 0.25) is 0 Å². The van der Waals surface area contributed by atoms with Crippen LogP contribution in [0.1, 0.15) is 41.9 Å². The van der Waals surface area contributed by atoms with Crippen molar-refractivity contribution in [3.05, 3.63) is 88.8 Å². The van der Waals surface area contributed by atoms with Crippen molar-refractivity contribution in [2.24, 2.45) is 0 Å². The van der Waals surface area contributed by atoms with E-state index in [-0.39, 0.29) is 5.92 Å². The number of hydrogen-bond acceptors (Lipinski definition) is 1. The van der Waals surface area contributed by atoms with Gasteiger partial charge in [-0.1, -0.05) is 30.2 Å². The minimum atomic E-state index is -5.03. The van der Waals surface area contributed by atoms with Gasteiger partial charge in [0.2, 0.25) is 0 Å². The third-order valence-electron chi connectivity index (χ3n) is 5.62. The normalized spacial score (nSPS) is 16.2. The molecule has 0 radical (unpaired) electrons. The fraction of sp³-hybridized carbons (Fsp3) is 0.231. The predicted octanol–water partition coefficient (Wildman–Crippen LogP) is 8.12. The molecule has 0 aromatic heterocycles. The Kier molecular flexibility index (Phi) is 6.50. The molecule has 9 heteroatoms. The first kappa shape index (κ1) is 24.6. The number of allylic oxidation sites excluding steroid dienone is 2.